The molecule has 1 atom stereocenters. The van der Waals surface area contributed by atoms with E-state index in [-0.39, 0.29) is 5.56 Å². The number of benzene rings is 2. The first-order valence-corrected chi connectivity index (χ1v) is 12.2. The van der Waals surface area contributed by atoms with Gasteiger partial charge in [0.1, 0.15) is 11.4 Å². The molecule has 2 heterocycles. The van der Waals surface area contributed by atoms with Gasteiger partial charge in [-0.15, -0.1) is 0 Å². The molecule has 5 nitrogen and oxygen atoms in total. The van der Waals surface area contributed by atoms with E-state index in [4.69, 9.17) is 0 Å². The predicted molar refractivity (Wildman–Crippen MR) is 140 cm³/mol. The lowest BCUT2D eigenvalue weighted by Crippen LogP contribution is -2.10. The summed E-state index contributed by atoms with van der Waals surface area (Å²) in [6, 6.07) is 20.7. The van der Waals surface area contributed by atoms with E-state index >= 15 is 0 Å². The number of nitrogens with zero attached hydrogens (tertiary/aromatic N) is 2. The highest BCUT2D eigenvalue weighted by molar-refractivity contribution is 5.95. The molecule has 0 aliphatic heterocycles. The smallest absolute Gasteiger partial charge is 0.339 e. The van der Waals surface area contributed by atoms with Crippen LogP contribution in [0.3, 0.4) is 0 Å². The molecule has 35 heavy (non-hydrogen) atoms. The topological polar surface area (TPSA) is 67.2 Å². The minimum absolute atomic E-state index is 0.217. The fourth-order valence-electron chi connectivity index (χ4n) is 4.92. The Labute approximate surface area is 204 Å². The second kappa shape index (κ2) is 8.91. The van der Waals surface area contributed by atoms with Crippen LogP contribution in [0.4, 0.5) is 11.5 Å². The van der Waals surface area contributed by atoms with Crippen LogP contribution in [-0.2, 0) is 6.54 Å². The summed E-state index contributed by atoms with van der Waals surface area (Å²) in [5, 5.41) is 14.1. The summed E-state index contributed by atoms with van der Waals surface area (Å²) in [4.78, 5) is 16.4. The molecular weight excluding hydrogens is 434 g/mol. The summed E-state index contributed by atoms with van der Waals surface area (Å²) >= 11 is 0. The van der Waals surface area contributed by atoms with Gasteiger partial charge in [-0.25, -0.2) is 9.78 Å². The molecule has 1 saturated carbocycles. The minimum Gasteiger partial charge on any atom is -0.478 e. The minimum atomic E-state index is -0.962. The Morgan fingerprint density at radius 1 is 1.06 bits per heavy atom. The van der Waals surface area contributed by atoms with Crippen molar-refractivity contribution in [1.29, 1.82) is 0 Å². The van der Waals surface area contributed by atoms with Crippen LogP contribution in [0.2, 0.25) is 0 Å². The number of carboxylic acids is 1. The Morgan fingerprint density at radius 3 is 2.66 bits per heavy atom. The van der Waals surface area contributed by atoms with Gasteiger partial charge in [-0.05, 0) is 72.6 Å². The van der Waals surface area contributed by atoms with Crippen molar-refractivity contribution in [2.75, 3.05) is 5.32 Å². The standard InChI is InChI=1S/C30H27N3O2/c34-30(35)26-16-24(21-11-12-21)18-31-29(26)32-25-13-14-27-23(15-25)17-28(22-9-5-2-6-10-22)33(27)19-20-7-3-1-4-8-20/h1-7,9-10,13-18,20-21H,8,11-12,19H2,(H,31,32)(H,34,35). The number of nitrogens with one attached hydrogen (secondary N) is 1. The van der Waals surface area contributed by atoms with Crippen molar-refractivity contribution in [2.45, 2.75) is 31.7 Å². The molecule has 1 fully saturated rings. The Bertz CT molecular complexity index is 1460. The molecule has 0 radical (unpaired) electrons. The quantitative estimate of drug-likeness (QED) is 0.307. The fourth-order valence-corrected chi connectivity index (χ4v) is 4.92. The third-order valence-electron chi connectivity index (χ3n) is 6.91. The van der Waals surface area contributed by atoms with Gasteiger partial charge in [0, 0.05) is 35.0 Å². The van der Waals surface area contributed by atoms with E-state index in [9.17, 15) is 9.90 Å². The zero-order valence-corrected chi connectivity index (χ0v) is 19.4. The molecule has 174 valence electrons. The maximum atomic E-state index is 11.9. The van der Waals surface area contributed by atoms with Crippen molar-refractivity contribution in [3.05, 3.63) is 102 Å². The van der Waals surface area contributed by atoms with Crippen LogP contribution in [0.25, 0.3) is 22.2 Å². The van der Waals surface area contributed by atoms with Crippen molar-refractivity contribution >= 4 is 28.4 Å². The van der Waals surface area contributed by atoms with Crippen molar-refractivity contribution in [3.63, 3.8) is 0 Å². The van der Waals surface area contributed by atoms with Crippen molar-refractivity contribution < 1.29 is 9.90 Å². The normalized spacial score (nSPS) is 17.1. The first kappa shape index (κ1) is 21.4. The van der Waals surface area contributed by atoms with Gasteiger partial charge in [0.15, 0.2) is 0 Å². The second-order valence-electron chi connectivity index (χ2n) is 9.46. The molecule has 5 heteroatoms. The van der Waals surface area contributed by atoms with E-state index in [1.54, 1.807) is 12.3 Å². The number of allylic oxidation sites excluding steroid dienone is 4. The molecule has 0 amide bonds. The summed E-state index contributed by atoms with van der Waals surface area (Å²) in [7, 11) is 0. The summed E-state index contributed by atoms with van der Waals surface area (Å²) in [5.41, 5.74) is 5.57. The number of aromatic nitrogens is 2. The van der Waals surface area contributed by atoms with Crippen LogP contribution in [0.15, 0.2) is 91.2 Å². The molecule has 4 aromatic rings. The number of anilines is 2. The zero-order chi connectivity index (χ0) is 23.8. The molecule has 2 aliphatic carbocycles. The molecule has 0 bridgehead atoms. The highest BCUT2D eigenvalue weighted by Crippen LogP contribution is 2.41. The van der Waals surface area contributed by atoms with Gasteiger partial charge in [-0.3, -0.25) is 0 Å². The maximum absolute atomic E-state index is 11.9. The van der Waals surface area contributed by atoms with Crippen LogP contribution in [-0.4, -0.2) is 20.6 Å². The van der Waals surface area contributed by atoms with E-state index in [0.29, 0.717) is 17.7 Å². The molecule has 2 aromatic heterocycles. The van der Waals surface area contributed by atoms with Gasteiger partial charge < -0.3 is 15.0 Å². The number of carbonyl (C=O) groups is 1. The summed E-state index contributed by atoms with van der Waals surface area (Å²) < 4.78 is 2.40. The van der Waals surface area contributed by atoms with Crippen molar-refractivity contribution in [3.8, 4) is 11.3 Å². The van der Waals surface area contributed by atoms with Crippen LogP contribution >= 0.6 is 0 Å². The van der Waals surface area contributed by atoms with E-state index in [2.05, 4.69) is 81.6 Å². The van der Waals surface area contributed by atoms with Crippen LogP contribution in [0, 0.1) is 5.92 Å². The van der Waals surface area contributed by atoms with Gasteiger partial charge >= 0.3 is 5.97 Å². The van der Waals surface area contributed by atoms with Crippen LogP contribution < -0.4 is 5.32 Å². The van der Waals surface area contributed by atoms with Gasteiger partial charge in [0.05, 0.1) is 0 Å². The summed E-state index contributed by atoms with van der Waals surface area (Å²) in [6.45, 7) is 0.898. The fraction of sp³-hybridized carbons (Fsp3) is 0.200. The largest absolute Gasteiger partial charge is 0.478 e. The highest BCUT2D eigenvalue weighted by atomic mass is 16.4. The third-order valence-corrected chi connectivity index (χ3v) is 6.91. The number of pyridine rings is 1. The zero-order valence-electron chi connectivity index (χ0n) is 19.4. The van der Waals surface area contributed by atoms with E-state index in [0.717, 1.165) is 48.0 Å². The molecular formula is C30H27N3O2. The van der Waals surface area contributed by atoms with E-state index < -0.39 is 5.97 Å². The van der Waals surface area contributed by atoms with Gasteiger partial charge in [-0.2, -0.15) is 0 Å². The first-order valence-electron chi connectivity index (χ1n) is 12.2. The highest BCUT2D eigenvalue weighted by Gasteiger charge is 2.26. The number of aromatic carboxylic acids is 1. The van der Waals surface area contributed by atoms with Gasteiger partial charge in [0.2, 0.25) is 0 Å². The maximum Gasteiger partial charge on any atom is 0.339 e. The molecule has 0 spiro atoms. The van der Waals surface area contributed by atoms with Crippen LogP contribution in [0.1, 0.15) is 41.1 Å². The molecule has 0 saturated heterocycles. The van der Waals surface area contributed by atoms with Gasteiger partial charge in [0.25, 0.3) is 0 Å². The molecule has 2 aliphatic rings. The number of fused-ring (bicyclic) bond motifs is 1. The number of hydrogen-bond acceptors (Lipinski definition) is 3. The summed E-state index contributed by atoms with van der Waals surface area (Å²) in [6.07, 6.45) is 13.8. The second-order valence-corrected chi connectivity index (χ2v) is 9.46. The number of carboxylic acid groups (broad SMARTS) is 1. The molecule has 1 unspecified atom stereocenters. The van der Waals surface area contributed by atoms with Crippen molar-refractivity contribution in [2.24, 2.45) is 5.92 Å². The average molecular weight is 462 g/mol. The van der Waals surface area contributed by atoms with Crippen LogP contribution in [0.5, 0.6) is 0 Å². The lowest BCUT2D eigenvalue weighted by atomic mass is 10.0. The first-order chi connectivity index (χ1) is 17.2. The molecule has 2 N–H and O–H groups in total. The van der Waals surface area contributed by atoms with E-state index in [1.807, 2.05) is 12.1 Å². The lowest BCUT2D eigenvalue weighted by molar-refractivity contribution is 0.0697. The molecule has 2 aromatic carbocycles. The van der Waals surface area contributed by atoms with Crippen molar-refractivity contribution in [1.82, 2.24) is 9.55 Å². The summed E-state index contributed by atoms with van der Waals surface area (Å²) in [5.74, 6) is 0.318. The number of rotatable bonds is 7. The van der Waals surface area contributed by atoms with E-state index in [1.165, 1.54) is 11.3 Å². The molecule has 6 rings (SSSR count). The average Bonchev–Trinajstić information content (AvgIpc) is 3.68. The van der Waals surface area contributed by atoms with Gasteiger partial charge in [-0.1, -0.05) is 54.6 Å². The third kappa shape index (κ3) is 4.37. The predicted octanol–water partition coefficient (Wildman–Crippen LogP) is 7.15. The lowest BCUT2D eigenvalue weighted by Gasteiger charge is -2.18. The Hall–Kier alpha value is -4.12. The number of hydrogen-bond donors (Lipinski definition) is 2. The SMILES string of the molecule is O=C(O)c1cc(C2CC2)cnc1Nc1ccc2c(c1)cc(-c1ccccc1)n2CC1C=CC=CC1. The Balaban J connectivity index is 1.37. The Kier molecular flexibility index (Phi) is 5.45. The Morgan fingerprint density at radius 2 is 1.91 bits per heavy atom. The monoisotopic (exact) mass is 461 g/mol.